The molecule has 0 heterocycles. The lowest BCUT2D eigenvalue weighted by Crippen LogP contribution is -1.84. The molecule has 72 valence electrons. The van der Waals surface area contributed by atoms with Crippen LogP contribution in [0, 0.1) is 5.92 Å². The van der Waals surface area contributed by atoms with E-state index in [9.17, 15) is 0 Å². The van der Waals surface area contributed by atoms with Crippen LogP contribution in [0.1, 0.15) is 59.3 Å². The van der Waals surface area contributed by atoms with Gasteiger partial charge < -0.3 is 0 Å². The van der Waals surface area contributed by atoms with E-state index in [4.69, 9.17) is 0 Å². The van der Waals surface area contributed by atoms with E-state index in [2.05, 4.69) is 32.9 Å². The molecule has 0 aromatic rings. The molecule has 0 N–H and O–H groups in total. The quantitative estimate of drug-likeness (QED) is 0.386. The summed E-state index contributed by atoms with van der Waals surface area (Å²) in [5, 5.41) is 0. The Kier molecular flexibility index (Phi) is 8.64. The van der Waals surface area contributed by atoms with Gasteiger partial charge in [0.1, 0.15) is 0 Å². The van der Waals surface area contributed by atoms with E-state index >= 15 is 0 Å². The van der Waals surface area contributed by atoms with Crippen LogP contribution in [-0.4, -0.2) is 0 Å². The predicted octanol–water partition coefficient (Wildman–Crippen LogP) is 4.56. The minimum absolute atomic E-state index is 0.869. The van der Waals surface area contributed by atoms with Gasteiger partial charge in [0.25, 0.3) is 0 Å². The van der Waals surface area contributed by atoms with Gasteiger partial charge in [-0.25, -0.2) is 0 Å². The second-order valence-electron chi connectivity index (χ2n) is 3.94. The zero-order valence-electron chi connectivity index (χ0n) is 8.97. The molecule has 12 heavy (non-hydrogen) atoms. The van der Waals surface area contributed by atoms with Crippen LogP contribution in [0.4, 0.5) is 0 Å². The lowest BCUT2D eigenvalue weighted by molar-refractivity contribution is 0.559. The summed E-state index contributed by atoms with van der Waals surface area (Å²) in [6.07, 6.45) is 12.6. The van der Waals surface area contributed by atoms with Gasteiger partial charge in [0.2, 0.25) is 0 Å². The van der Waals surface area contributed by atoms with E-state index in [1.54, 1.807) is 0 Å². The summed E-state index contributed by atoms with van der Waals surface area (Å²) in [7, 11) is 0. The minimum atomic E-state index is 0.869. The van der Waals surface area contributed by atoms with Crippen molar-refractivity contribution in [3.05, 3.63) is 12.2 Å². The third-order valence-corrected chi connectivity index (χ3v) is 2.04. The Morgan fingerprint density at radius 3 is 2.08 bits per heavy atom. The molecule has 0 saturated heterocycles. The number of hydrogen-bond donors (Lipinski definition) is 0. The van der Waals surface area contributed by atoms with E-state index in [-0.39, 0.29) is 0 Å². The van der Waals surface area contributed by atoms with Crippen LogP contribution in [0.25, 0.3) is 0 Å². The highest BCUT2D eigenvalue weighted by Crippen LogP contribution is 2.07. The first-order valence-corrected chi connectivity index (χ1v) is 5.42. The largest absolute Gasteiger partial charge is 0.0885 e. The highest BCUT2D eigenvalue weighted by molar-refractivity contribution is 4.81. The fraction of sp³-hybridized carbons (Fsp3) is 0.833. The number of rotatable bonds is 7. The van der Waals surface area contributed by atoms with Gasteiger partial charge in [0, 0.05) is 0 Å². The van der Waals surface area contributed by atoms with Gasteiger partial charge in [0.05, 0.1) is 0 Å². The van der Waals surface area contributed by atoms with Gasteiger partial charge >= 0.3 is 0 Å². The van der Waals surface area contributed by atoms with E-state index in [1.165, 1.54) is 38.5 Å². The van der Waals surface area contributed by atoms with Crippen LogP contribution in [0.3, 0.4) is 0 Å². The first-order chi connectivity index (χ1) is 5.77. The third kappa shape index (κ3) is 9.74. The molecule has 0 aliphatic heterocycles. The van der Waals surface area contributed by atoms with Crippen molar-refractivity contribution in [3.63, 3.8) is 0 Å². The van der Waals surface area contributed by atoms with Crippen LogP contribution in [0.15, 0.2) is 12.2 Å². The van der Waals surface area contributed by atoms with Crippen LogP contribution < -0.4 is 0 Å². The summed E-state index contributed by atoms with van der Waals surface area (Å²) < 4.78 is 0. The number of unbranched alkanes of at least 4 members (excludes halogenated alkanes) is 3. The van der Waals surface area contributed by atoms with Crippen LogP contribution in [0.5, 0.6) is 0 Å². The third-order valence-electron chi connectivity index (χ3n) is 2.04. The highest BCUT2D eigenvalue weighted by atomic mass is 14.0. The molecule has 0 unspecified atom stereocenters. The Morgan fingerprint density at radius 1 is 1.00 bits per heavy atom. The maximum atomic E-state index is 2.35. The maximum Gasteiger partial charge on any atom is -0.0351 e. The van der Waals surface area contributed by atoms with Gasteiger partial charge in [0.15, 0.2) is 0 Å². The average molecular weight is 168 g/mol. The second kappa shape index (κ2) is 8.83. The van der Waals surface area contributed by atoms with Gasteiger partial charge in [-0.15, -0.1) is 0 Å². The summed E-state index contributed by atoms with van der Waals surface area (Å²) in [6.45, 7) is 6.83. The van der Waals surface area contributed by atoms with Crippen LogP contribution in [-0.2, 0) is 0 Å². The molecule has 0 aromatic carbocycles. The monoisotopic (exact) mass is 168 g/mol. The predicted molar refractivity (Wildman–Crippen MR) is 57.4 cm³/mol. The molecule has 0 atom stereocenters. The van der Waals surface area contributed by atoms with Crippen molar-refractivity contribution < 1.29 is 0 Å². The Bertz CT molecular complexity index is 101. The fourth-order valence-electron chi connectivity index (χ4n) is 1.20. The molecule has 0 saturated carbocycles. The molecule has 0 bridgehead atoms. The van der Waals surface area contributed by atoms with Crippen molar-refractivity contribution in [1.29, 1.82) is 0 Å². The second-order valence-corrected chi connectivity index (χ2v) is 3.94. The molecule has 0 aliphatic rings. The molecule has 0 amide bonds. The minimum Gasteiger partial charge on any atom is -0.0885 e. The summed E-state index contributed by atoms with van der Waals surface area (Å²) in [5.74, 6) is 0.869. The fourth-order valence-corrected chi connectivity index (χ4v) is 1.20. The summed E-state index contributed by atoms with van der Waals surface area (Å²) in [5.41, 5.74) is 0. The first kappa shape index (κ1) is 11.7. The highest BCUT2D eigenvalue weighted by Gasteiger charge is 1.90. The molecule has 0 spiro atoms. The molecule has 0 aromatic heterocycles. The van der Waals surface area contributed by atoms with E-state index in [0.29, 0.717) is 0 Å². The van der Waals surface area contributed by atoms with Crippen molar-refractivity contribution in [2.24, 2.45) is 5.92 Å². The zero-order valence-corrected chi connectivity index (χ0v) is 8.97. The van der Waals surface area contributed by atoms with Gasteiger partial charge in [-0.1, -0.05) is 52.2 Å². The average Bonchev–Trinajstić information content (AvgIpc) is 2.02. The number of hydrogen-bond acceptors (Lipinski definition) is 0. The van der Waals surface area contributed by atoms with Gasteiger partial charge in [-0.05, 0) is 25.2 Å². The van der Waals surface area contributed by atoms with Crippen molar-refractivity contribution in [1.82, 2.24) is 0 Å². The van der Waals surface area contributed by atoms with Crippen molar-refractivity contribution in [3.8, 4) is 0 Å². The lowest BCUT2D eigenvalue weighted by atomic mass is 10.1. The Morgan fingerprint density at radius 2 is 1.58 bits per heavy atom. The van der Waals surface area contributed by atoms with Crippen molar-refractivity contribution in [2.45, 2.75) is 59.3 Å². The van der Waals surface area contributed by atoms with Crippen LogP contribution >= 0.6 is 0 Å². The smallest absolute Gasteiger partial charge is 0.0351 e. The molecular weight excluding hydrogens is 144 g/mol. The molecule has 0 aliphatic carbocycles. The topological polar surface area (TPSA) is 0 Å². The summed E-state index contributed by atoms with van der Waals surface area (Å²) in [4.78, 5) is 0. The molecule has 0 nitrogen and oxygen atoms in total. The van der Waals surface area contributed by atoms with E-state index in [0.717, 1.165) is 5.92 Å². The molecule has 0 rings (SSSR count). The SMILES string of the molecule is CCCC/C=C\CCCC(C)C. The Labute approximate surface area is 78.1 Å². The molecular formula is C12H24. The standard InChI is InChI=1S/C12H24/c1-4-5-6-7-8-9-10-11-12(2)3/h7-8,12H,4-6,9-11H2,1-3H3/b8-7-. The van der Waals surface area contributed by atoms with Gasteiger partial charge in [-0.2, -0.15) is 0 Å². The van der Waals surface area contributed by atoms with E-state index < -0.39 is 0 Å². The summed E-state index contributed by atoms with van der Waals surface area (Å²) in [6, 6.07) is 0. The van der Waals surface area contributed by atoms with Gasteiger partial charge in [-0.3, -0.25) is 0 Å². The zero-order chi connectivity index (χ0) is 9.23. The first-order valence-electron chi connectivity index (χ1n) is 5.42. The van der Waals surface area contributed by atoms with Crippen LogP contribution in [0.2, 0.25) is 0 Å². The Balaban J connectivity index is 3.03. The number of allylic oxidation sites excluding steroid dienone is 2. The normalized spacial score (nSPS) is 11.7. The maximum absolute atomic E-state index is 2.35. The van der Waals surface area contributed by atoms with Crippen molar-refractivity contribution in [2.75, 3.05) is 0 Å². The van der Waals surface area contributed by atoms with E-state index in [1.807, 2.05) is 0 Å². The molecule has 0 radical (unpaired) electrons. The molecule has 0 heteroatoms. The molecule has 0 fully saturated rings. The Hall–Kier alpha value is -0.260. The summed E-state index contributed by atoms with van der Waals surface area (Å²) >= 11 is 0. The lowest BCUT2D eigenvalue weighted by Gasteiger charge is -2.00. The van der Waals surface area contributed by atoms with Crippen molar-refractivity contribution >= 4 is 0 Å².